The van der Waals surface area contributed by atoms with Crippen LogP contribution < -0.4 is 29.8 Å². The van der Waals surface area contributed by atoms with Crippen molar-refractivity contribution in [2.24, 2.45) is 0 Å². The lowest BCUT2D eigenvalue weighted by atomic mass is 9.87. The van der Waals surface area contributed by atoms with E-state index in [9.17, 15) is 14.3 Å². The molecule has 0 spiro atoms. The van der Waals surface area contributed by atoms with Crippen LogP contribution in [0.25, 0.3) is 5.69 Å². The molecule has 3 aromatic rings. The van der Waals surface area contributed by atoms with Crippen LogP contribution in [0.4, 0.5) is 4.39 Å². The Kier molecular flexibility index (Phi) is 4.90. The van der Waals surface area contributed by atoms with Gasteiger partial charge in [0.25, 0.3) is 5.56 Å². The van der Waals surface area contributed by atoms with Gasteiger partial charge in [0.15, 0.2) is 16.3 Å². The molecule has 2 aromatic carbocycles. The number of aromatic amines is 1. The summed E-state index contributed by atoms with van der Waals surface area (Å²) < 4.78 is 31.4. The molecule has 3 heterocycles. The molecule has 0 aliphatic carbocycles. The van der Waals surface area contributed by atoms with Gasteiger partial charge >= 0.3 is 0 Å². The molecule has 32 heavy (non-hydrogen) atoms. The minimum atomic E-state index is -0.623. The standard InChI is InChI=1S/C22H20FN3O5S/c1-25-8-7-11-9-14-18(31-10-30-14)19(29-2)15(11)17(25)16-20(27)24-22(32)26(21(16)28)13-5-3-12(23)4-6-13/h3-6,9,17,28H,7-8,10H2,1-2H3,(H,24,27,32). The first-order chi connectivity index (χ1) is 15.4. The fourth-order valence-electron chi connectivity index (χ4n) is 4.53. The first-order valence-electron chi connectivity index (χ1n) is 10.0. The normalized spacial score (nSPS) is 19.0. The summed E-state index contributed by atoms with van der Waals surface area (Å²) in [5, 5.41) is 13.7. The van der Waals surface area contributed by atoms with Gasteiger partial charge in [-0.15, -0.1) is 0 Å². The van der Waals surface area contributed by atoms with Gasteiger partial charge in [-0.3, -0.25) is 9.78 Å². The van der Waals surface area contributed by atoms with Crippen LogP contribution in [-0.2, 0) is 6.42 Å². The Balaban J connectivity index is 1.78. The van der Waals surface area contributed by atoms with Gasteiger partial charge in [-0.25, -0.2) is 4.39 Å². The fourth-order valence-corrected chi connectivity index (χ4v) is 4.81. The van der Waals surface area contributed by atoms with Crippen LogP contribution in [0.5, 0.6) is 23.1 Å². The molecule has 0 fully saturated rings. The lowest BCUT2D eigenvalue weighted by Gasteiger charge is -2.35. The third kappa shape index (κ3) is 3.06. The second-order valence-electron chi connectivity index (χ2n) is 7.79. The van der Waals surface area contributed by atoms with E-state index < -0.39 is 23.3 Å². The summed E-state index contributed by atoms with van der Waals surface area (Å²) in [6.45, 7) is 0.760. The summed E-state index contributed by atoms with van der Waals surface area (Å²) >= 11 is 5.27. The maximum atomic E-state index is 13.7. The van der Waals surface area contributed by atoms with Crippen molar-refractivity contribution >= 4 is 12.2 Å². The summed E-state index contributed by atoms with van der Waals surface area (Å²) in [6.07, 6.45) is 0.716. The van der Waals surface area contributed by atoms with Crippen LogP contribution in [-0.4, -0.2) is 37.0 Å². The maximum Gasteiger partial charge on any atom is 0.260 e. The number of nitrogens with one attached hydrogen (secondary N) is 2. The van der Waals surface area contributed by atoms with E-state index in [2.05, 4.69) is 4.98 Å². The predicted octanol–water partition coefficient (Wildman–Crippen LogP) is 1.01. The van der Waals surface area contributed by atoms with Crippen molar-refractivity contribution in [3.8, 4) is 28.8 Å². The van der Waals surface area contributed by atoms with Gasteiger partial charge in [-0.05, 0) is 54.0 Å². The van der Waals surface area contributed by atoms with E-state index in [0.717, 1.165) is 10.5 Å². The fraction of sp³-hybridized carbons (Fsp3) is 0.273. The SMILES string of the molecule is COc1c2c(cc3c1C(c1c([O-])n(-c4ccc(F)cc4)c(=S)[nH]c1=O)[NH+](C)CC3)OCO2. The Morgan fingerprint density at radius 1 is 1.28 bits per heavy atom. The highest BCUT2D eigenvalue weighted by Crippen LogP contribution is 2.48. The molecule has 2 N–H and O–H groups in total. The van der Waals surface area contributed by atoms with Crippen LogP contribution in [0, 0.1) is 10.6 Å². The first kappa shape index (κ1) is 20.5. The predicted molar refractivity (Wildman–Crippen MR) is 113 cm³/mol. The van der Waals surface area contributed by atoms with Gasteiger partial charge in [-0.1, -0.05) is 0 Å². The zero-order chi connectivity index (χ0) is 22.6. The number of hydrogen-bond acceptors (Lipinski definition) is 6. The third-order valence-corrected chi connectivity index (χ3v) is 6.28. The molecule has 0 bridgehead atoms. The van der Waals surface area contributed by atoms with Crippen LogP contribution in [0.3, 0.4) is 0 Å². The quantitative estimate of drug-likeness (QED) is 0.571. The smallest absolute Gasteiger partial charge is 0.260 e. The number of aromatic nitrogens is 2. The largest absolute Gasteiger partial charge is 0.859 e. The lowest BCUT2D eigenvalue weighted by molar-refractivity contribution is -0.908. The summed E-state index contributed by atoms with van der Waals surface area (Å²) in [4.78, 5) is 16.6. The number of benzene rings is 2. The molecular formula is C22H20FN3O5S. The number of methoxy groups -OCH3 is 1. The molecular weight excluding hydrogens is 437 g/mol. The molecule has 2 aliphatic heterocycles. The van der Waals surface area contributed by atoms with Crippen LogP contribution in [0.15, 0.2) is 35.1 Å². The molecule has 2 unspecified atom stereocenters. The topological polar surface area (TPSA) is 93.0 Å². The second kappa shape index (κ2) is 7.64. The Hall–Kier alpha value is -3.37. The van der Waals surface area contributed by atoms with Crippen molar-refractivity contribution in [2.45, 2.75) is 12.5 Å². The highest BCUT2D eigenvalue weighted by molar-refractivity contribution is 7.71. The molecule has 8 nitrogen and oxygen atoms in total. The van der Waals surface area contributed by atoms with Crippen LogP contribution >= 0.6 is 12.2 Å². The number of quaternary nitrogens is 1. The van der Waals surface area contributed by atoms with Gasteiger partial charge in [0.05, 0.1) is 31.8 Å². The van der Waals surface area contributed by atoms with E-state index in [0.29, 0.717) is 41.5 Å². The van der Waals surface area contributed by atoms with Crippen molar-refractivity contribution in [1.29, 1.82) is 0 Å². The van der Waals surface area contributed by atoms with Crippen molar-refractivity contribution < 1.29 is 28.6 Å². The van der Waals surface area contributed by atoms with Crippen LogP contribution in [0.1, 0.15) is 22.7 Å². The van der Waals surface area contributed by atoms with E-state index in [4.69, 9.17) is 26.4 Å². The van der Waals surface area contributed by atoms with Crippen molar-refractivity contribution in [2.75, 3.05) is 27.5 Å². The van der Waals surface area contributed by atoms with Gasteiger partial charge in [0.2, 0.25) is 12.5 Å². The Morgan fingerprint density at radius 2 is 2.03 bits per heavy atom. The summed E-state index contributed by atoms with van der Waals surface area (Å²) in [6, 6.07) is 6.61. The van der Waals surface area contributed by atoms with E-state index >= 15 is 0 Å². The summed E-state index contributed by atoms with van der Waals surface area (Å²) in [5.74, 6) is 0.498. The molecule has 0 saturated carbocycles. The molecule has 0 saturated heterocycles. The maximum absolute atomic E-state index is 13.7. The minimum absolute atomic E-state index is 0.0264. The van der Waals surface area contributed by atoms with Gasteiger partial charge in [0, 0.05) is 12.1 Å². The van der Waals surface area contributed by atoms with Crippen molar-refractivity contribution in [3.63, 3.8) is 0 Å². The second-order valence-corrected chi connectivity index (χ2v) is 8.17. The third-order valence-electron chi connectivity index (χ3n) is 5.99. The lowest BCUT2D eigenvalue weighted by Crippen LogP contribution is -3.10. The molecule has 2 aliphatic rings. The number of fused-ring (bicyclic) bond motifs is 2. The van der Waals surface area contributed by atoms with Gasteiger partial charge < -0.3 is 28.8 Å². The Labute approximate surface area is 187 Å². The number of nitrogens with zero attached hydrogens (tertiary/aromatic N) is 1. The average Bonchev–Trinajstić information content (AvgIpc) is 3.23. The first-order valence-corrected chi connectivity index (χ1v) is 10.5. The number of rotatable bonds is 3. The monoisotopic (exact) mass is 457 g/mol. The van der Waals surface area contributed by atoms with Crippen LogP contribution in [0.2, 0.25) is 0 Å². The molecule has 1 aromatic heterocycles. The van der Waals surface area contributed by atoms with E-state index in [1.807, 2.05) is 13.1 Å². The molecule has 0 amide bonds. The van der Waals surface area contributed by atoms with E-state index in [1.165, 1.54) is 35.9 Å². The number of halogens is 1. The molecule has 166 valence electrons. The van der Waals surface area contributed by atoms with Gasteiger partial charge in [-0.2, -0.15) is 0 Å². The molecule has 10 heteroatoms. The zero-order valence-electron chi connectivity index (χ0n) is 17.4. The Bertz CT molecular complexity index is 1340. The molecule has 5 rings (SSSR count). The molecule has 0 radical (unpaired) electrons. The highest BCUT2D eigenvalue weighted by atomic mass is 32.1. The zero-order valence-corrected chi connectivity index (χ0v) is 18.2. The number of H-pyrrole nitrogens is 1. The molecule has 2 atom stereocenters. The minimum Gasteiger partial charge on any atom is -0.859 e. The van der Waals surface area contributed by atoms with E-state index in [-0.39, 0.29) is 17.1 Å². The summed E-state index contributed by atoms with van der Waals surface area (Å²) in [7, 11) is 3.44. The number of hydrogen-bond donors (Lipinski definition) is 2. The number of ether oxygens (including phenoxy) is 3. The van der Waals surface area contributed by atoms with E-state index in [1.54, 1.807) is 0 Å². The average molecular weight is 457 g/mol. The van der Waals surface area contributed by atoms with Gasteiger partial charge in [0.1, 0.15) is 11.9 Å². The Morgan fingerprint density at radius 3 is 2.75 bits per heavy atom. The number of likely N-dealkylation sites (N-methyl/N-ethyl adjacent to an activating group) is 1. The summed E-state index contributed by atoms with van der Waals surface area (Å²) in [5.41, 5.74) is 1.47. The van der Waals surface area contributed by atoms with Crippen molar-refractivity contribution in [1.82, 2.24) is 9.55 Å². The highest BCUT2D eigenvalue weighted by Gasteiger charge is 2.39. The van der Waals surface area contributed by atoms with Crippen molar-refractivity contribution in [3.05, 3.63) is 68.0 Å².